The molecule has 0 saturated carbocycles. The topological polar surface area (TPSA) is 52.4 Å². The smallest absolute Gasteiger partial charge is 0.311 e. The van der Waals surface area contributed by atoms with Crippen molar-refractivity contribution in [3.63, 3.8) is 0 Å². The number of para-hydroxylation sites is 1. The fourth-order valence-electron chi connectivity index (χ4n) is 1.02. The zero-order chi connectivity index (χ0) is 9.84. The zero-order valence-corrected chi connectivity index (χ0v) is 7.19. The van der Waals surface area contributed by atoms with Crippen LogP contribution in [0.15, 0.2) is 31.0 Å². The second-order valence-corrected chi connectivity index (χ2v) is 2.46. The van der Waals surface area contributed by atoms with Gasteiger partial charge in [0.15, 0.2) is 0 Å². The van der Waals surface area contributed by atoms with Crippen molar-refractivity contribution < 1.29 is 9.66 Å². The minimum absolute atomic E-state index is 0.0418. The molecule has 0 fully saturated rings. The van der Waals surface area contributed by atoms with Crippen LogP contribution < -0.4 is 4.74 Å². The van der Waals surface area contributed by atoms with Gasteiger partial charge in [0, 0.05) is 6.07 Å². The summed E-state index contributed by atoms with van der Waals surface area (Å²) in [6.07, 6.45) is 1.18. The molecule has 0 heterocycles. The minimum atomic E-state index is -0.480. The van der Waals surface area contributed by atoms with Crippen LogP contribution in [0, 0.1) is 17.0 Å². The van der Waals surface area contributed by atoms with Crippen molar-refractivity contribution in [3.05, 3.63) is 46.7 Å². The lowest BCUT2D eigenvalue weighted by Gasteiger charge is -2.03. The van der Waals surface area contributed by atoms with Gasteiger partial charge >= 0.3 is 5.69 Å². The molecule has 0 aliphatic heterocycles. The van der Waals surface area contributed by atoms with Crippen LogP contribution in [0.1, 0.15) is 5.56 Å². The van der Waals surface area contributed by atoms with Crippen LogP contribution in [0.5, 0.6) is 5.75 Å². The Morgan fingerprint density at radius 2 is 2.31 bits per heavy atom. The van der Waals surface area contributed by atoms with Gasteiger partial charge in [0.25, 0.3) is 0 Å². The number of rotatable bonds is 3. The van der Waals surface area contributed by atoms with E-state index in [4.69, 9.17) is 4.74 Å². The summed E-state index contributed by atoms with van der Waals surface area (Å²) in [4.78, 5) is 10.1. The molecule has 1 rings (SSSR count). The van der Waals surface area contributed by atoms with E-state index in [0.717, 1.165) is 0 Å². The summed E-state index contributed by atoms with van der Waals surface area (Å²) in [6.45, 7) is 5.09. The van der Waals surface area contributed by atoms with Gasteiger partial charge < -0.3 is 4.74 Å². The molecule has 0 N–H and O–H groups in total. The van der Waals surface area contributed by atoms with E-state index in [2.05, 4.69) is 6.58 Å². The van der Waals surface area contributed by atoms with E-state index in [1.165, 1.54) is 12.3 Å². The van der Waals surface area contributed by atoms with Gasteiger partial charge in [-0.3, -0.25) is 10.1 Å². The highest BCUT2D eigenvalue weighted by Gasteiger charge is 2.15. The normalized spacial score (nSPS) is 9.31. The summed E-state index contributed by atoms with van der Waals surface area (Å²) in [7, 11) is 0. The number of hydrogen-bond acceptors (Lipinski definition) is 3. The third-order valence-electron chi connectivity index (χ3n) is 1.59. The maximum Gasteiger partial charge on any atom is 0.311 e. The van der Waals surface area contributed by atoms with Crippen LogP contribution in [0.4, 0.5) is 5.69 Å². The molecule has 0 bridgehead atoms. The molecule has 1 aromatic carbocycles. The molecule has 0 aliphatic carbocycles. The summed E-state index contributed by atoms with van der Waals surface area (Å²) in [5.74, 6) is 0.252. The van der Waals surface area contributed by atoms with E-state index in [1.807, 2.05) is 0 Å². The van der Waals surface area contributed by atoms with Crippen LogP contribution in [-0.4, -0.2) is 4.92 Å². The Hall–Kier alpha value is -1.84. The first-order valence-electron chi connectivity index (χ1n) is 3.68. The van der Waals surface area contributed by atoms with Gasteiger partial charge in [-0.2, -0.15) is 0 Å². The molecule has 0 saturated heterocycles. The highest BCUT2D eigenvalue weighted by Crippen LogP contribution is 2.30. The number of nitrogens with zero attached hydrogens (tertiary/aromatic N) is 1. The van der Waals surface area contributed by atoms with Crippen molar-refractivity contribution in [3.8, 4) is 5.75 Å². The molecule has 1 aromatic rings. The second-order valence-electron chi connectivity index (χ2n) is 2.46. The monoisotopic (exact) mass is 179 g/mol. The standard InChI is InChI=1S/C9H9NO3/c1-3-13-9-7(2)5-4-6-8(9)10(11)12/h3-6H,1H2,2H3. The van der Waals surface area contributed by atoms with Gasteiger partial charge in [-0.1, -0.05) is 18.7 Å². The predicted molar refractivity (Wildman–Crippen MR) is 48.7 cm³/mol. The number of aryl methyl sites for hydroxylation is 1. The molecular weight excluding hydrogens is 170 g/mol. The molecule has 4 heteroatoms. The molecule has 0 radical (unpaired) electrons. The molecule has 68 valence electrons. The number of nitro groups is 1. The predicted octanol–water partition coefficient (Wildman–Crippen LogP) is 2.43. The molecule has 0 aliphatic rings. The number of hydrogen-bond donors (Lipinski definition) is 0. The first-order valence-corrected chi connectivity index (χ1v) is 3.68. The molecular formula is C9H9NO3. The van der Waals surface area contributed by atoms with Gasteiger partial charge in [-0.15, -0.1) is 0 Å². The van der Waals surface area contributed by atoms with Crippen molar-refractivity contribution >= 4 is 5.69 Å². The Kier molecular flexibility index (Phi) is 2.64. The number of ether oxygens (including phenoxy) is 1. The van der Waals surface area contributed by atoms with Crippen LogP contribution in [0.3, 0.4) is 0 Å². The average Bonchev–Trinajstić information content (AvgIpc) is 2.08. The zero-order valence-electron chi connectivity index (χ0n) is 7.19. The van der Waals surface area contributed by atoms with E-state index in [-0.39, 0.29) is 11.4 Å². The van der Waals surface area contributed by atoms with Crippen LogP contribution >= 0.6 is 0 Å². The fraction of sp³-hybridized carbons (Fsp3) is 0.111. The summed E-state index contributed by atoms with van der Waals surface area (Å²) >= 11 is 0. The van der Waals surface area contributed by atoms with Gasteiger partial charge in [0.1, 0.15) is 0 Å². The van der Waals surface area contributed by atoms with Crippen LogP contribution in [-0.2, 0) is 0 Å². The Morgan fingerprint density at radius 1 is 1.62 bits per heavy atom. The summed E-state index contributed by atoms with van der Waals surface area (Å²) in [6, 6.07) is 4.75. The molecule has 0 spiro atoms. The quantitative estimate of drug-likeness (QED) is 0.406. The highest BCUT2D eigenvalue weighted by atomic mass is 16.6. The molecule has 4 nitrogen and oxygen atoms in total. The minimum Gasteiger partial charge on any atom is -0.458 e. The average molecular weight is 179 g/mol. The Bertz CT molecular complexity index is 347. The van der Waals surface area contributed by atoms with E-state index >= 15 is 0 Å². The fourth-order valence-corrected chi connectivity index (χ4v) is 1.02. The Balaban J connectivity index is 3.24. The van der Waals surface area contributed by atoms with Gasteiger partial charge in [0.05, 0.1) is 11.2 Å². The lowest BCUT2D eigenvalue weighted by Crippen LogP contribution is -1.94. The van der Waals surface area contributed by atoms with Crippen molar-refractivity contribution in [1.29, 1.82) is 0 Å². The lowest BCUT2D eigenvalue weighted by molar-refractivity contribution is -0.385. The van der Waals surface area contributed by atoms with Crippen molar-refractivity contribution in [2.75, 3.05) is 0 Å². The van der Waals surface area contributed by atoms with Crippen LogP contribution in [0.25, 0.3) is 0 Å². The van der Waals surface area contributed by atoms with Crippen LogP contribution in [0.2, 0.25) is 0 Å². The third-order valence-corrected chi connectivity index (χ3v) is 1.59. The Labute approximate surface area is 75.6 Å². The van der Waals surface area contributed by atoms with Crippen molar-refractivity contribution in [1.82, 2.24) is 0 Å². The summed E-state index contributed by atoms with van der Waals surface area (Å²) in [5.41, 5.74) is 0.675. The SMILES string of the molecule is C=COc1c(C)cccc1[N+](=O)[O-]. The molecule has 0 amide bonds. The lowest BCUT2D eigenvalue weighted by atomic mass is 10.2. The maximum atomic E-state index is 10.5. The molecule has 13 heavy (non-hydrogen) atoms. The van der Waals surface area contributed by atoms with E-state index in [9.17, 15) is 10.1 Å². The largest absolute Gasteiger partial charge is 0.458 e. The van der Waals surface area contributed by atoms with E-state index < -0.39 is 4.92 Å². The van der Waals surface area contributed by atoms with Gasteiger partial charge in [-0.25, -0.2) is 0 Å². The van der Waals surface area contributed by atoms with Crippen molar-refractivity contribution in [2.24, 2.45) is 0 Å². The first-order chi connectivity index (χ1) is 6.16. The van der Waals surface area contributed by atoms with Gasteiger partial charge in [-0.05, 0) is 12.5 Å². The second kappa shape index (κ2) is 3.71. The van der Waals surface area contributed by atoms with E-state index in [1.54, 1.807) is 19.1 Å². The highest BCUT2D eigenvalue weighted by molar-refractivity contribution is 5.51. The first kappa shape index (κ1) is 9.25. The molecule has 0 aromatic heterocycles. The number of nitro benzene ring substituents is 1. The molecule has 0 unspecified atom stereocenters. The number of benzene rings is 1. The van der Waals surface area contributed by atoms with E-state index in [0.29, 0.717) is 5.56 Å². The maximum absolute atomic E-state index is 10.5. The summed E-state index contributed by atoms with van der Waals surface area (Å²) < 4.78 is 4.95. The molecule has 0 atom stereocenters. The van der Waals surface area contributed by atoms with Gasteiger partial charge in [0.2, 0.25) is 5.75 Å². The summed E-state index contributed by atoms with van der Waals surface area (Å²) in [5, 5.41) is 10.5. The third kappa shape index (κ3) is 1.84. The van der Waals surface area contributed by atoms with Crippen molar-refractivity contribution in [2.45, 2.75) is 6.92 Å². The Morgan fingerprint density at radius 3 is 2.85 bits per heavy atom.